The SMILES string of the molecule is COc1ccc(C(=O)NC(Cc2ccc(F)cc2)Cc2ccc(F)cc2)cc1. The van der Waals surface area contributed by atoms with E-state index in [9.17, 15) is 13.6 Å². The Bertz CT molecular complexity index is 859. The van der Waals surface area contributed by atoms with E-state index in [1.54, 1.807) is 55.6 Å². The zero-order valence-electron chi connectivity index (χ0n) is 15.5. The van der Waals surface area contributed by atoms with Gasteiger partial charge in [0.2, 0.25) is 0 Å². The van der Waals surface area contributed by atoms with Crippen LogP contribution in [0.3, 0.4) is 0 Å². The summed E-state index contributed by atoms with van der Waals surface area (Å²) in [6.07, 6.45) is 1.05. The lowest BCUT2D eigenvalue weighted by Gasteiger charge is -2.19. The molecular formula is C23H21F2NO2. The Balaban J connectivity index is 1.76. The largest absolute Gasteiger partial charge is 0.497 e. The van der Waals surface area contributed by atoms with Gasteiger partial charge in [0.15, 0.2) is 0 Å². The van der Waals surface area contributed by atoms with E-state index < -0.39 is 0 Å². The first-order valence-corrected chi connectivity index (χ1v) is 8.97. The Labute approximate surface area is 163 Å². The molecule has 0 radical (unpaired) electrons. The molecule has 0 spiro atoms. The van der Waals surface area contributed by atoms with E-state index in [-0.39, 0.29) is 23.6 Å². The fourth-order valence-electron chi connectivity index (χ4n) is 3.00. The first kappa shape index (κ1) is 19.5. The average Bonchev–Trinajstić information content (AvgIpc) is 2.71. The van der Waals surface area contributed by atoms with Gasteiger partial charge in [-0.15, -0.1) is 0 Å². The molecule has 28 heavy (non-hydrogen) atoms. The number of nitrogens with one attached hydrogen (secondary N) is 1. The second-order valence-corrected chi connectivity index (χ2v) is 6.56. The van der Waals surface area contributed by atoms with Crippen molar-refractivity contribution in [1.82, 2.24) is 5.32 Å². The van der Waals surface area contributed by atoms with Gasteiger partial charge in [-0.1, -0.05) is 24.3 Å². The highest BCUT2D eigenvalue weighted by Crippen LogP contribution is 2.14. The van der Waals surface area contributed by atoms with Crippen molar-refractivity contribution < 1.29 is 18.3 Å². The number of benzene rings is 3. The molecule has 0 saturated carbocycles. The van der Waals surface area contributed by atoms with Gasteiger partial charge < -0.3 is 10.1 Å². The number of carbonyl (C=O) groups excluding carboxylic acids is 1. The van der Waals surface area contributed by atoms with Crippen molar-refractivity contribution in [1.29, 1.82) is 0 Å². The van der Waals surface area contributed by atoms with Crippen molar-refractivity contribution in [3.63, 3.8) is 0 Å². The minimum Gasteiger partial charge on any atom is -0.497 e. The smallest absolute Gasteiger partial charge is 0.251 e. The van der Waals surface area contributed by atoms with Crippen LogP contribution < -0.4 is 10.1 Å². The summed E-state index contributed by atoms with van der Waals surface area (Å²) in [7, 11) is 1.57. The average molecular weight is 381 g/mol. The van der Waals surface area contributed by atoms with Crippen LogP contribution >= 0.6 is 0 Å². The Morgan fingerprint density at radius 3 is 1.71 bits per heavy atom. The van der Waals surface area contributed by atoms with E-state index in [0.29, 0.717) is 24.2 Å². The van der Waals surface area contributed by atoms with Crippen LogP contribution in [-0.2, 0) is 12.8 Å². The van der Waals surface area contributed by atoms with E-state index >= 15 is 0 Å². The molecule has 0 aliphatic carbocycles. The molecule has 0 unspecified atom stereocenters. The van der Waals surface area contributed by atoms with Crippen LogP contribution in [0.2, 0.25) is 0 Å². The highest BCUT2D eigenvalue weighted by atomic mass is 19.1. The summed E-state index contributed by atoms with van der Waals surface area (Å²) in [4.78, 5) is 12.7. The van der Waals surface area contributed by atoms with Crippen molar-refractivity contribution in [2.24, 2.45) is 0 Å². The van der Waals surface area contributed by atoms with Crippen LogP contribution in [0.1, 0.15) is 21.5 Å². The predicted molar refractivity (Wildman–Crippen MR) is 104 cm³/mol. The maximum Gasteiger partial charge on any atom is 0.251 e. The van der Waals surface area contributed by atoms with E-state index in [1.807, 2.05) is 0 Å². The van der Waals surface area contributed by atoms with Gasteiger partial charge in [0, 0.05) is 11.6 Å². The molecule has 3 nitrogen and oxygen atoms in total. The molecule has 0 aromatic heterocycles. The first-order chi connectivity index (χ1) is 13.5. The minimum atomic E-state index is -0.305. The van der Waals surface area contributed by atoms with E-state index in [2.05, 4.69) is 5.32 Å². The quantitative estimate of drug-likeness (QED) is 0.652. The summed E-state index contributed by atoms with van der Waals surface area (Å²) in [5.41, 5.74) is 2.33. The number of ether oxygens (including phenoxy) is 1. The highest BCUT2D eigenvalue weighted by Gasteiger charge is 2.16. The van der Waals surface area contributed by atoms with Gasteiger partial charge in [-0.25, -0.2) is 8.78 Å². The molecule has 3 rings (SSSR count). The monoisotopic (exact) mass is 381 g/mol. The van der Waals surface area contributed by atoms with Crippen LogP contribution in [-0.4, -0.2) is 19.1 Å². The van der Waals surface area contributed by atoms with Crippen LogP contribution in [0.5, 0.6) is 5.75 Å². The lowest BCUT2D eigenvalue weighted by Crippen LogP contribution is -2.38. The molecule has 144 valence electrons. The van der Waals surface area contributed by atoms with Gasteiger partial charge in [-0.2, -0.15) is 0 Å². The minimum absolute atomic E-state index is 0.211. The van der Waals surface area contributed by atoms with Crippen LogP contribution in [0.4, 0.5) is 8.78 Å². The van der Waals surface area contributed by atoms with Gasteiger partial charge in [-0.3, -0.25) is 4.79 Å². The highest BCUT2D eigenvalue weighted by molar-refractivity contribution is 5.94. The van der Waals surface area contributed by atoms with Crippen molar-refractivity contribution in [3.8, 4) is 5.75 Å². The molecule has 3 aromatic carbocycles. The van der Waals surface area contributed by atoms with Gasteiger partial charge >= 0.3 is 0 Å². The Morgan fingerprint density at radius 1 is 0.821 bits per heavy atom. The number of amides is 1. The summed E-state index contributed by atoms with van der Waals surface area (Å²) in [6.45, 7) is 0. The molecule has 0 atom stereocenters. The van der Waals surface area contributed by atoms with Crippen molar-refractivity contribution in [3.05, 3.63) is 101 Å². The fourth-order valence-corrected chi connectivity index (χ4v) is 3.00. The topological polar surface area (TPSA) is 38.3 Å². The molecule has 0 aliphatic heterocycles. The molecule has 0 bridgehead atoms. The number of methoxy groups -OCH3 is 1. The van der Waals surface area contributed by atoms with Crippen molar-refractivity contribution in [2.45, 2.75) is 18.9 Å². The zero-order valence-corrected chi connectivity index (χ0v) is 15.5. The summed E-state index contributed by atoms with van der Waals surface area (Å²) in [5, 5.41) is 3.03. The standard InChI is InChI=1S/C23H21F2NO2/c1-28-22-12-6-18(7-13-22)23(27)26-21(14-16-2-8-19(24)9-3-16)15-17-4-10-20(25)11-5-17/h2-13,21H,14-15H2,1H3,(H,26,27). The first-order valence-electron chi connectivity index (χ1n) is 8.97. The molecule has 0 saturated heterocycles. The molecule has 5 heteroatoms. The lowest BCUT2D eigenvalue weighted by atomic mass is 9.98. The summed E-state index contributed by atoms with van der Waals surface area (Å²) in [6, 6.07) is 19.0. The Kier molecular flexibility index (Phi) is 6.37. The Morgan fingerprint density at radius 2 is 1.29 bits per heavy atom. The molecule has 0 aliphatic rings. The third-order valence-corrected chi connectivity index (χ3v) is 4.48. The van der Waals surface area contributed by atoms with Crippen LogP contribution in [0, 0.1) is 11.6 Å². The van der Waals surface area contributed by atoms with Crippen LogP contribution in [0.25, 0.3) is 0 Å². The number of halogens is 2. The van der Waals surface area contributed by atoms with E-state index in [1.165, 1.54) is 24.3 Å². The molecule has 0 heterocycles. The third kappa shape index (κ3) is 5.39. The number of rotatable bonds is 7. The van der Waals surface area contributed by atoms with Crippen molar-refractivity contribution >= 4 is 5.91 Å². The molecular weight excluding hydrogens is 360 g/mol. The summed E-state index contributed by atoms with van der Waals surface area (Å²) >= 11 is 0. The number of hydrogen-bond acceptors (Lipinski definition) is 2. The third-order valence-electron chi connectivity index (χ3n) is 4.48. The maximum atomic E-state index is 13.2. The molecule has 3 aromatic rings. The van der Waals surface area contributed by atoms with Gasteiger partial charge in [0.1, 0.15) is 17.4 Å². The summed E-state index contributed by atoms with van der Waals surface area (Å²) in [5.74, 6) is -0.148. The molecule has 0 fully saturated rings. The molecule has 1 amide bonds. The van der Waals surface area contributed by atoms with Gasteiger partial charge in [-0.05, 0) is 72.5 Å². The van der Waals surface area contributed by atoms with Gasteiger partial charge in [0.05, 0.1) is 7.11 Å². The normalized spacial score (nSPS) is 10.7. The zero-order chi connectivity index (χ0) is 19.9. The number of hydrogen-bond donors (Lipinski definition) is 1. The second-order valence-electron chi connectivity index (χ2n) is 6.56. The summed E-state index contributed by atoms with van der Waals surface area (Å²) < 4.78 is 31.5. The van der Waals surface area contributed by atoms with Gasteiger partial charge in [0.25, 0.3) is 5.91 Å². The predicted octanol–water partition coefficient (Wildman–Crippen LogP) is 4.56. The second kappa shape index (κ2) is 9.13. The fraction of sp³-hybridized carbons (Fsp3) is 0.174. The van der Waals surface area contributed by atoms with Crippen LogP contribution in [0.15, 0.2) is 72.8 Å². The van der Waals surface area contributed by atoms with Crippen molar-refractivity contribution in [2.75, 3.05) is 7.11 Å². The lowest BCUT2D eigenvalue weighted by molar-refractivity contribution is 0.0936. The van der Waals surface area contributed by atoms with E-state index in [0.717, 1.165) is 11.1 Å². The Hall–Kier alpha value is -3.21. The van der Waals surface area contributed by atoms with E-state index in [4.69, 9.17) is 4.74 Å². The number of carbonyl (C=O) groups is 1. The molecule has 1 N–H and O–H groups in total. The maximum absolute atomic E-state index is 13.2.